The first-order valence-electron chi connectivity index (χ1n) is 7.25. The Balaban J connectivity index is 2.12. The summed E-state index contributed by atoms with van der Waals surface area (Å²) in [5, 5.41) is 3.57. The van der Waals surface area contributed by atoms with Crippen molar-refractivity contribution in [1.29, 1.82) is 0 Å². The summed E-state index contributed by atoms with van der Waals surface area (Å²) in [7, 11) is 0. The lowest BCUT2D eigenvalue weighted by molar-refractivity contribution is 0.0839. The molecule has 1 aliphatic heterocycles. The third-order valence-corrected chi connectivity index (χ3v) is 3.52. The van der Waals surface area contributed by atoms with Gasteiger partial charge in [-0.3, -0.25) is 0 Å². The van der Waals surface area contributed by atoms with Crippen molar-refractivity contribution < 1.29 is 4.74 Å². The van der Waals surface area contributed by atoms with E-state index in [9.17, 15) is 0 Å². The van der Waals surface area contributed by atoms with Gasteiger partial charge < -0.3 is 15.0 Å². The maximum Gasteiger partial charge on any atom is 0.0645 e. The second-order valence-electron chi connectivity index (χ2n) is 5.78. The fourth-order valence-electron chi connectivity index (χ4n) is 2.55. The number of benzene rings is 1. The Kier molecular flexibility index (Phi) is 4.83. The van der Waals surface area contributed by atoms with Gasteiger partial charge in [-0.15, -0.1) is 0 Å². The number of nitrogens with zero attached hydrogens (tertiary/aromatic N) is 1. The first-order chi connectivity index (χ1) is 9.06. The van der Waals surface area contributed by atoms with Gasteiger partial charge in [0.15, 0.2) is 0 Å². The molecular weight excluding hydrogens is 236 g/mol. The maximum atomic E-state index is 5.70. The number of anilines is 1. The van der Waals surface area contributed by atoms with E-state index >= 15 is 0 Å². The summed E-state index contributed by atoms with van der Waals surface area (Å²) in [6.07, 6.45) is 0.306. The molecule has 1 N–H and O–H groups in total. The average Bonchev–Trinajstić information content (AvgIpc) is 2.49. The van der Waals surface area contributed by atoms with E-state index in [1.54, 1.807) is 0 Å². The van der Waals surface area contributed by atoms with Crippen LogP contribution in [0.5, 0.6) is 0 Å². The van der Waals surface area contributed by atoms with Crippen LogP contribution in [0.15, 0.2) is 18.2 Å². The van der Waals surface area contributed by atoms with Crippen molar-refractivity contribution in [2.45, 2.75) is 46.4 Å². The van der Waals surface area contributed by atoms with E-state index in [1.165, 1.54) is 16.8 Å². The number of hydrogen-bond donors (Lipinski definition) is 1. The Hall–Kier alpha value is -1.06. The van der Waals surface area contributed by atoms with Crippen LogP contribution in [0.3, 0.4) is 0 Å². The Bertz CT molecular complexity index is 417. The first-order valence-corrected chi connectivity index (χ1v) is 7.25. The number of nitrogens with one attached hydrogen (secondary N) is 1. The molecule has 1 unspecified atom stereocenters. The van der Waals surface area contributed by atoms with E-state index in [1.807, 2.05) is 0 Å². The first kappa shape index (κ1) is 14.4. The van der Waals surface area contributed by atoms with Crippen LogP contribution >= 0.6 is 0 Å². The number of ether oxygens (including phenoxy) is 1. The van der Waals surface area contributed by atoms with Crippen molar-refractivity contribution in [2.24, 2.45) is 0 Å². The van der Waals surface area contributed by atoms with E-state index in [2.05, 4.69) is 56.1 Å². The molecule has 0 spiro atoms. The molecule has 1 aliphatic rings. The number of hydrogen-bond acceptors (Lipinski definition) is 3. The molecule has 19 heavy (non-hydrogen) atoms. The molecule has 1 aromatic rings. The molecule has 2 rings (SSSR count). The van der Waals surface area contributed by atoms with Crippen LogP contribution in [-0.4, -0.2) is 31.8 Å². The van der Waals surface area contributed by atoms with Gasteiger partial charge >= 0.3 is 0 Å². The second-order valence-corrected chi connectivity index (χ2v) is 5.78. The highest BCUT2D eigenvalue weighted by atomic mass is 16.5. The number of rotatable bonds is 4. The van der Waals surface area contributed by atoms with Gasteiger partial charge in [0.25, 0.3) is 0 Å². The quantitative estimate of drug-likeness (QED) is 0.903. The molecule has 3 heteroatoms. The highest BCUT2D eigenvalue weighted by molar-refractivity contribution is 5.56. The maximum absolute atomic E-state index is 5.70. The Labute approximate surface area is 116 Å². The Morgan fingerprint density at radius 3 is 2.95 bits per heavy atom. The van der Waals surface area contributed by atoms with Gasteiger partial charge in [-0.1, -0.05) is 17.7 Å². The SMILES string of the molecule is Cc1ccc2c(c1)CNC(C)CN2CCOC(C)C. The fraction of sp³-hybridized carbons (Fsp3) is 0.625. The minimum atomic E-state index is 0.306. The standard InChI is InChI=1S/C16H26N2O/c1-12(2)19-8-7-18-11-14(4)17-10-15-9-13(3)5-6-16(15)18/h5-6,9,12,14,17H,7-8,10-11H2,1-4H3. The smallest absolute Gasteiger partial charge is 0.0645 e. The normalized spacial score (nSPS) is 19.4. The zero-order valence-corrected chi connectivity index (χ0v) is 12.6. The van der Waals surface area contributed by atoms with Crippen molar-refractivity contribution in [2.75, 3.05) is 24.6 Å². The molecule has 0 aromatic heterocycles. The van der Waals surface area contributed by atoms with E-state index < -0.39 is 0 Å². The molecule has 1 heterocycles. The monoisotopic (exact) mass is 262 g/mol. The van der Waals surface area contributed by atoms with Crippen LogP contribution in [0.4, 0.5) is 5.69 Å². The lowest BCUT2D eigenvalue weighted by Gasteiger charge is -2.27. The summed E-state index contributed by atoms with van der Waals surface area (Å²) in [4.78, 5) is 2.45. The molecule has 106 valence electrons. The van der Waals surface area contributed by atoms with Crippen molar-refractivity contribution >= 4 is 5.69 Å². The average molecular weight is 262 g/mol. The van der Waals surface area contributed by atoms with Crippen molar-refractivity contribution in [3.05, 3.63) is 29.3 Å². The summed E-state index contributed by atoms with van der Waals surface area (Å²) >= 11 is 0. The van der Waals surface area contributed by atoms with E-state index in [-0.39, 0.29) is 0 Å². The summed E-state index contributed by atoms with van der Waals surface area (Å²) in [5.41, 5.74) is 4.08. The van der Waals surface area contributed by atoms with E-state index in [0.717, 1.165) is 26.2 Å². The zero-order chi connectivity index (χ0) is 13.8. The molecule has 0 bridgehead atoms. The van der Waals surface area contributed by atoms with Crippen LogP contribution in [0.2, 0.25) is 0 Å². The molecule has 0 aliphatic carbocycles. The molecular formula is C16H26N2O. The molecule has 1 aromatic carbocycles. The van der Waals surface area contributed by atoms with Gasteiger partial charge in [-0.05, 0) is 39.3 Å². The molecule has 0 fully saturated rings. The van der Waals surface area contributed by atoms with Gasteiger partial charge in [0, 0.05) is 31.4 Å². The number of fused-ring (bicyclic) bond motifs is 1. The predicted octanol–water partition coefficient (Wildman–Crippen LogP) is 2.72. The third kappa shape index (κ3) is 3.95. The molecule has 0 saturated heterocycles. The Morgan fingerprint density at radius 1 is 1.42 bits per heavy atom. The molecule has 0 amide bonds. The largest absolute Gasteiger partial charge is 0.377 e. The summed E-state index contributed by atoms with van der Waals surface area (Å²) in [5.74, 6) is 0. The van der Waals surface area contributed by atoms with Crippen molar-refractivity contribution in [3.8, 4) is 0 Å². The summed E-state index contributed by atoms with van der Waals surface area (Å²) in [6, 6.07) is 7.24. The minimum Gasteiger partial charge on any atom is -0.377 e. The third-order valence-electron chi connectivity index (χ3n) is 3.52. The van der Waals surface area contributed by atoms with Gasteiger partial charge in [0.2, 0.25) is 0 Å². The van der Waals surface area contributed by atoms with Crippen LogP contribution in [0.1, 0.15) is 31.9 Å². The Morgan fingerprint density at radius 2 is 2.21 bits per heavy atom. The van der Waals surface area contributed by atoms with E-state index in [4.69, 9.17) is 4.74 Å². The predicted molar refractivity (Wildman–Crippen MR) is 80.8 cm³/mol. The lowest BCUT2D eigenvalue weighted by atomic mass is 10.1. The van der Waals surface area contributed by atoms with Gasteiger partial charge in [-0.25, -0.2) is 0 Å². The topological polar surface area (TPSA) is 24.5 Å². The van der Waals surface area contributed by atoms with Gasteiger partial charge in [-0.2, -0.15) is 0 Å². The van der Waals surface area contributed by atoms with Crippen LogP contribution in [0, 0.1) is 6.92 Å². The number of aryl methyl sites for hydroxylation is 1. The van der Waals surface area contributed by atoms with Crippen LogP contribution < -0.4 is 10.2 Å². The minimum absolute atomic E-state index is 0.306. The van der Waals surface area contributed by atoms with E-state index in [0.29, 0.717) is 12.1 Å². The fourth-order valence-corrected chi connectivity index (χ4v) is 2.55. The van der Waals surface area contributed by atoms with Crippen molar-refractivity contribution in [3.63, 3.8) is 0 Å². The molecule has 0 radical (unpaired) electrons. The molecule has 0 saturated carbocycles. The highest BCUT2D eigenvalue weighted by Crippen LogP contribution is 2.24. The second kappa shape index (κ2) is 6.40. The van der Waals surface area contributed by atoms with Gasteiger partial charge in [0.05, 0.1) is 12.7 Å². The molecule has 3 nitrogen and oxygen atoms in total. The van der Waals surface area contributed by atoms with Crippen LogP contribution in [0.25, 0.3) is 0 Å². The lowest BCUT2D eigenvalue weighted by Crippen LogP contribution is -2.37. The zero-order valence-electron chi connectivity index (χ0n) is 12.6. The summed E-state index contributed by atoms with van der Waals surface area (Å²) in [6.45, 7) is 12.3. The van der Waals surface area contributed by atoms with Crippen LogP contribution in [-0.2, 0) is 11.3 Å². The highest BCUT2D eigenvalue weighted by Gasteiger charge is 2.18. The molecule has 1 atom stereocenters. The van der Waals surface area contributed by atoms with Crippen molar-refractivity contribution in [1.82, 2.24) is 5.32 Å². The summed E-state index contributed by atoms with van der Waals surface area (Å²) < 4.78 is 5.70. The van der Waals surface area contributed by atoms with Gasteiger partial charge in [0.1, 0.15) is 0 Å².